The molecule has 2 aliphatic rings. The highest BCUT2D eigenvalue weighted by Gasteiger charge is 2.47. The molecule has 2 aromatic rings. The third-order valence-corrected chi connectivity index (χ3v) is 6.04. The molecule has 0 radical (unpaired) electrons. The van der Waals surface area contributed by atoms with Crippen LogP contribution in [0.2, 0.25) is 0 Å². The summed E-state index contributed by atoms with van der Waals surface area (Å²) >= 11 is 0. The molecule has 4 rings (SSSR count). The van der Waals surface area contributed by atoms with Crippen molar-refractivity contribution >= 4 is 0 Å². The minimum Gasteiger partial charge on any atom is -0.488 e. The zero-order chi connectivity index (χ0) is 20.2. The van der Waals surface area contributed by atoms with Crippen LogP contribution in [0.15, 0.2) is 54.6 Å². The van der Waals surface area contributed by atoms with E-state index >= 15 is 0 Å². The Morgan fingerprint density at radius 3 is 2.52 bits per heavy atom. The standard InChI is InChI=1S/C23H29FN2O3/c24-17-6-4-5-16(13-17)15-25-20-14-21(29-19-7-2-1-3-8-19)23(28)22(20)26-11-9-18(27)10-12-26/h1-8,13,18,20-23,25,27-28H,9-12,14-15H2/t20-,21-,22+,23+/m1/s1. The van der Waals surface area contributed by atoms with Crippen LogP contribution in [0.4, 0.5) is 4.39 Å². The van der Waals surface area contributed by atoms with Gasteiger partial charge in [0.2, 0.25) is 0 Å². The summed E-state index contributed by atoms with van der Waals surface area (Å²) < 4.78 is 19.6. The predicted molar refractivity (Wildman–Crippen MR) is 109 cm³/mol. The average molecular weight is 400 g/mol. The van der Waals surface area contributed by atoms with Crippen LogP contribution in [-0.4, -0.2) is 58.6 Å². The fourth-order valence-corrected chi connectivity index (χ4v) is 4.53. The van der Waals surface area contributed by atoms with E-state index in [9.17, 15) is 14.6 Å². The van der Waals surface area contributed by atoms with Gasteiger partial charge in [-0.3, -0.25) is 4.90 Å². The van der Waals surface area contributed by atoms with Crippen molar-refractivity contribution in [3.63, 3.8) is 0 Å². The van der Waals surface area contributed by atoms with Gasteiger partial charge in [-0.05, 0) is 42.7 Å². The van der Waals surface area contributed by atoms with Gasteiger partial charge >= 0.3 is 0 Å². The van der Waals surface area contributed by atoms with E-state index in [0.29, 0.717) is 25.8 Å². The van der Waals surface area contributed by atoms with Gasteiger partial charge in [-0.25, -0.2) is 4.39 Å². The molecule has 1 saturated heterocycles. The molecule has 156 valence electrons. The first-order valence-corrected chi connectivity index (χ1v) is 10.4. The minimum absolute atomic E-state index is 0.0113. The lowest BCUT2D eigenvalue weighted by molar-refractivity contribution is -0.0148. The summed E-state index contributed by atoms with van der Waals surface area (Å²) in [5, 5.41) is 24.5. The van der Waals surface area contributed by atoms with Gasteiger partial charge in [-0.1, -0.05) is 30.3 Å². The smallest absolute Gasteiger partial charge is 0.128 e. The van der Waals surface area contributed by atoms with Crippen molar-refractivity contribution in [3.05, 3.63) is 66.0 Å². The number of benzene rings is 2. The van der Waals surface area contributed by atoms with Gasteiger partial charge < -0.3 is 20.3 Å². The van der Waals surface area contributed by atoms with Crippen LogP contribution in [0.3, 0.4) is 0 Å². The molecule has 29 heavy (non-hydrogen) atoms. The number of hydrogen-bond donors (Lipinski definition) is 3. The zero-order valence-electron chi connectivity index (χ0n) is 16.5. The van der Waals surface area contributed by atoms with Crippen molar-refractivity contribution in [2.24, 2.45) is 0 Å². The third-order valence-electron chi connectivity index (χ3n) is 6.04. The number of ether oxygens (including phenoxy) is 1. The highest BCUT2D eigenvalue weighted by molar-refractivity contribution is 5.22. The number of piperidine rings is 1. The molecule has 1 saturated carbocycles. The van der Waals surface area contributed by atoms with Crippen LogP contribution in [0.25, 0.3) is 0 Å². The Morgan fingerprint density at radius 2 is 1.79 bits per heavy atom. The maximum atomic E-state index is 13.5. The molecule has 5 nitrogen and oxygen atoms in total. The number of rotatable bonds is 6. The molecule has 0 amide bonds. The number of likely N-dealkylation sites (tertiary alicyclic amines) is 1. The number of aliphatic hydroxyl groups excluding tert-OH is 2. The second kappa shape index (κ2) is 9.22. The van der Waals surface area contributed by atoms with Crippen molar-refractivity contribution < 1.29 is 19.3 Å². The lowest BCUT2D eigenvalue weighted by atomic mass is 10.0. The van der Waals surface area contributed by atoms with Gasteiger partial charge in [0.1, 0.15) is 23.8 Å². The van der Waals surface area contributed by atoms with Gasteiger partial charge in [-0.15, -0.1) is 0 Å². The molecule has 0 spiro atoms. The Morgan fingerprint density at radius 1 is 1.03 bits per heavy atom. The summed E-state index contributed by atoms with van der Waals surface area (Å²) in [5.74, 6) is 0.498. The molecular formula is C23H29FN2O3. The molecule has 0 unspecified atom stereocenters. The molecule has 2 aromatic carbocycles. The van der Waals surface area contributed by atoms with E-state index in [1.54, 1.807) is 6.07 Å². The number of nitrogens with one attached hydrogen (secondary N) is 1. The zero-order valence-corrected chi connectivity index (χ0v) is 16.5. The Kier molecular flexibility index (Phi) is 6.45. The lowest BCUT2D eigenvalue weighted by Gasteiger charge is -2.39. The van der Waals surface area contributed by atoms with Crippen molar-refractivity contribution in [1.82, 2.24) is 10.2 Å². The maximum Gasteiger partial charge on any atom is 0.128 e. The first-order chi connectivity index (χ1) is 14.1. The minimum atomic E-state index is -0.643. The molecular weight excluding hydrogens is 371 g/mol. The molecule has 1 heterocycles. The Labute approximate surface area is 171 Å². The van der Waals surface area contributed by atoms with E-state index in [1.165, 1.54) is 12.1 Å². The third kappa shape index (κ3) is 4.95. The van der Waals surface area contributed by atoms with Crippen LogP contribution in [0, 0.1) is 5.82 Å². The molecule has 6 heteroatoms. The van der Waals surface area contributed by atoms with Crippen molar-refractivity contribution in [2.75, 3.05) is 13.1 Å². The topological polar surface area (TPSA) is 65.0 Å². The van der Waals surface area contributed by atoms with Crippen molar-refractivity contribution in [2.45, 2.75) is 56.2 Å². The molecule has 2 fully saturated rings. The van der Waals surface area contributed by atoms with E-state index in [0.717, 1.165) is 24.4 Å². The number of nitrogens with zero attached hydrogens (tertiary/aromatic N) is 1. The Bertz CT molecular complexity index is 783. The van der Waals surface area contributed by atoms with Crippen molar-refractivity contribution in [3.8, 4) is 5.75 Å². The SMILES string of the molecule is OC1CCN([C@@H]2[C@@H](O)[C@H](Oc3ccccc3)C[C@H]2NCc2cccc(F)c2)CC1. The molecule has 0 bridgehead atoms. The van der Waals surface area contributed by atoms with Gasteiger partial charge in [-0.2, -0.15) is 0 Å². The molecule has 4 atom stereocenters. The number of para-hydroxylation sites is 1. The second-order valence-corrected chi connectivity index (χ2v) is 8.07. The maximum absolute atomic E-state index is 13.5. The second-order valence-electron chi connectivity index (χ2n) is 8.07. The van der Waals surface area contributed by atoms with Gasteiger partial charge in [0.25, 0.3) is 0 Å². The molecule has 3 N–H and O–H groups in total. The van der Waals surface area contributed by atoms with Crippen LogP contribution in [-0.2, 0) is 6.54 Å². The Hall–Kier alpha value is -1.99. The lowest BCUT2D eigenvalue weighted by Crippen LogP contribution is -2.55. The first-order valence-electron chi connectivity index (χ1n) is 10.4. The summed E-state index contributed by atoms with van der Waals surface area (Å²) in [5.41, 5.74) is 0.875. The average Bonchev–Trinajstić information content (AvgIpc) is 3.03. The van der Waals surface area contributed by atoms with Crippen LogP contribution >= 0.6 is 0 Å². The first kappa shape index (κ1) is 20.3. The van der Waals surface area contributed by atoms with Crippen LogP contribution in [0.1, 0.15) is 24.8 Å². The fourth-order valence-electron chi connectivity index (χ4n) is 4.53. The summed E-state index contributed by atoms with van der Waals surface area (Å²) in [6.07, 6.45) is 0.859. The number of hydrogen-bond acceptors (Lipinski definition) is 5. The Balaban J connectivity index is 1.47. The predicted octanol–water partition coefficient (Wildman–Crippen LogP) is 2.32. The fraction of sp³-hybridized carbons (Fsp3) is 0.478. The van der Waals surface area contributed by atoms with Gasteiger partial charge in [0, 0.05) is 32.1 Å². The normalized spacial score (nSPS) is 28.5. The van der Waals surface area contributed by atoms with E-state index in [1.807, 2.05) is 36.4 Å². The molecule has 0 aromatic heterocycles. The highest BCUT2D eigenvalue weighted by Crippen LogP contribution is 2.31. The summed E-state index contributed by atoms with van der Waals surface area (Å²) in [4.78, 5) is 2.26. The van der Waals surface area contributed by atoms with Gasteiger partial charge in [0.05, 0.1) is 12.1 Å². The number of aliphatic hydroxyl groups is 2. The monoisotopic (exact) mass is 400 g/mol. The van der Waals surface area contributed by atoms with E-state index < -0.39 is 6.10 Å². The van der Waals surface area contributed by atoms with Crippen molar-refractivity contribution in [1.29, 1.82) is 0 Å². The molecule has 1 aliphatic carbocycles. The molecule has 1 aliphatic heterocycles. The summed E-state index contributed by atoms with van der Waals surface area (Å²) in [7, 11) is 0. The van der Waals surface area contributed by atoms with E-state index in [2.05, 4.69) is 10.2 Å². The number of halogens is 1. The highest BCUT2D eigenvalue weighted by atomic mass is 19.1. The quantitative estimate of drug-likeness (QED) is 0.695. The summed E-state index contributed by atoms with van der Waals surface area (Å²) in [6, 6.07) is 16.0. The van der Waals surface area contributed by atoms with E-state index in [4.69, 9.17) is 4.74 Å². The van der Waals surface area contributed by atoms with Crippen LogP contribution in [0.5, 0.6) is 5.75 Å². The summed E-state index contributed by atoms with van der Waals surface area (Å²) in [6.45, 7) is 2.03. The van der Waals surface area contributed by atoms with Gasteiger partial charge in [0.15, 0.2) is 0 Å². The van der Waals surface area contributed by atoms with Crippen LogP contribution < -0.4 is 10.1 Å². The van der Waals surface area contributed by atoms with E-state index in [-0.39, 0.29) is 30.1 Å². The largest absolute Gasteiger partial charge is 0.488 e.